The van der Waals surface area contributed by atoms with E-state index in [1.165, 1.54) is 16.6 Å². The van der Waals surface area contributed by atoms with Crippen LogP contribution in [0.15, 0.2) is 30.3 Å². The van der Waals surface area contributed by atoms with Crippen LogP contribution >= 0.6 is 0 Å². The number of aromatic amines is 1. The number of hydrogen-bond acceptors (Lipinski definition) is 3. The number of fused-ring (bicyclic) bond motifs is 2. The van der Waals surface area contributed by atoms with Crippen LogP contribution in [0, 0.1) is 25.6 Å². The number of halogens is 1. The Balaban J connectivity index is 1.64. The molecule has 6 rings (SSSR count). The summed E-state index contributed by atoms with van der Waals surface area (Å²) in [6, 6.07) is 9.82. The molecule has 2 aromatic carbocycles. The first-order chi connectivity index (χ1) is 17.4. The van der Waals surface area contributed by atoms with Gasteiger partial charge in [-0.1, -0.05) is 0 Å². The van der Waals surface area contributed by atoms with E-state index in [0.717, 1.165) is 66.7 Å². The second-order valence-electron chi connectivity index (χ2n) is 10.6. The van der Waals surface area contributed by atoms with E-state index in [1.807, 2.05) is 26.0 Å². The maximum absolute atomic E-state index is 14.3. The summed E-state index contributed by atoms with van der Waals surface area (Å²) in [4.78, 5) is 11.7. The van der Waals surface area contributed by atoms with Crippen LogP contribution in [0.1, 0.15) is 72.9 Å². The van der Waals surface area contributed by atoms with Gasteiger partial charge < -0.3 is 14.4 Å². The Morgan fingerprint density at radius 2 is 1.78 bits per heavy atom. The highest BCUT2D eigenvalue weighted by Gasteiger charge is 2.34. The lowest BCUT2D eigenvalue weighted by Crippen LogP contribution is -2.23. The van der Waals surface area contributed by atoms with Gasteiger partial charge in [-0.05, 0) is 99.7 Å². The van der Waals surface area contributed by atoms with E-state index in [1.54, 1.807) is 6.07 Å². The number of nitrogens with zero attached hydrogens (tertiary/aromatic N) is 2. The van der Waals surface area contributed by atoms with Crippen molar-refractivity contribution in [2.24, 2.45) is 5.92 Å². The Hall–Kier alpha value is -3.19. The summed E-state index contributed by atoms with van der Waals surface area (Å²) in [5.41, 5.74) is 7.27. The first-order valence-corrected chi connectivity index (χ1v) is 13.0. The van der Waals surface area contributed by atoms with Crippen molar-refractivity contribution in [3.8, 4) is 5.69 Å². The number of carbonyl (C=O) groups is 1. The number of aromatic nitrogens is 3. The Labute approximate surface area is 209 Å². The zero-order valence-corrected chi connectivity index (χ0v) is 20.8. The topological polar surface area (TPSA) is 80.1 Å². The fourth-order valence-electron chi connectivity index (χ4n) is 6.45. The van der Waals surface area contributed by atoms with Crippen LogP contribution in [0.5, 0.6) is 0 Å². The van der Waals surface area contributed by atoms with E-state index in [2.05, 4.69) is 26.9 Å². The summed E-state index contributed by atoms with van der Waals surface area (Å²) in [5.74, 6) is -0.547. The number of carboxylic acid groups (broad SMARTS) is 1. The van der Waals surface area contributed by atoms with E-state index in [4.69, 9.17) is 4.74 Å². The van der Waals surface area contributed by atoms with Gasteiger partial charge in [-0.15, -0.1) is 0 Å². The summed E-state index contributed by atoms with van der Waals surface area (Å²) in [7, 11) is 0. The van der Waals surface area contributed by atoms with Crippen LogP contribution in [0.4, 0.5) is 4.39 Å². The van der Waals surface area contributed by atoms with E-state index in [0.29, 0.717) is 24.3 Å². The Bertz CT molecular complexity index is 1460. The molecular formula is C29H32FN3O3. The van der Waals surface area contributed by atoms with Gasteiger partial charge in [0.25, 0.3) is 0 Å². The van der Waals surface area contributed by atoms with Gasteiger partial charge in [-0.3, -0.25) is 9.89 Å². The minimum Gasteiger partial charge on any atom is -0.481 e. The molecule has 1 saturated carbocycles. The molecule has 0 bridgehead atoms. The smallest absolute Gasteiger partial charge is 0.306 e. The molecule has 0 unspecified atom stereocenters. The molecule has 36 heavy (non-hydrogen) atoms. The SMILES string of the molecule is Cc1cc(-n2c(C3CCOCC3)c(C3CCC(C(=O)O)CC3)c3cc4[nH]nc(C)c4cc32)ccc1F. The van der Waals surface area contributed by atoms with Gasteiger partial charge in [0.2, 0.25) is 0 Å². The van der Waals surface area contributed by atoms with Crippen LogP contribution in [0.3, 0.4) is 0 Å². The van der Waals surface area contributed by atoms with Gasteiger partial charge in [0.1, 0.15) is 5.82 Å². The average Bonchev–Trinajstić information content (AvgIpc) is 3.42. The molecular weight excluding hydrogens is 457 g/mol. The summed E-state index contributed by atoms with van der Waals surface area (Å²) < 4.78 is 22.4. The van der Waals surface area contributed by atoms with Gasteiger partial charge in [-0.2, -0.15) is 5.10 Å². The Morgan fingerprint density at radius 1 is 1.03 bits per heavy atom. The van der Waals surface area contributed by atoms with Crippen molar-refractivity contribution in [1.29, 1.82) is 0 Å². The van der Waals surface area contributed by atoms with Crippen LogP contribution in [0.2, 0.25) is 0 Å². The number of aryl methyl sites for hydroxylation is 2. The Morgan fingerprint density at radius 3 is 2.47 bits per heavy atom. The zero-order valence-electron chi connectivity index (χ0n) is 20.8. The second-order valence-corrected chi connectivity index (χ2v) is 10.6. The van der Waals surface area contributed by atoms with Crippen molar-refractivity contribution in [1.82, 2.24) is 14.8 Å². The molecule has 0 amide bonds. The predicted molar refractivity (Wildman–Crippen MR) is 137 cm³/mol. The lowest BCUT2D eigenvalue weighted by atomic mass is 9.76. The minimum atomic E-state index is -0.683. The lowest BCUT2D eigenvalue weighted by Gasteiger charge is -2.31. The molecule has 2 fully saturated rings. The first-order valence-electron chi connectivity index (χ1n) is 13.0. The third-order valence-electron chi connectivity index (χ3n) is 8.41. The number of carboxylic acids is 1. The van der Waals surface area contributed by atoms with Gasteiger partial charge in [0.05, 0.1) is 22.6 Å². The van der Waals surface area contributed by atoms with Crippen LogP contribution in [-0.2, 0) is 9.53 Å². The summed E-state index contributed by atoms with van der Waals surface area (Å²) in [6.45, 7) is 5.27. The quantitative estimate of drug-likeness (QED) is 0.342. The van der Waals surface area contributed by atoms with Crippen molar-refractivity contribution in [3.05, 3.63) is 58.7 Å². The molecule has 6 nitrogen and oxygen atoms in total. The highest BCUT2D eigenvalue weighted by atomic mass is 19.1. The third kappa shape index (κ3) is 3.81. The number of aliphatic carboxylic acids is 1. The molecule has 2 N–H and O–H groups in total. The predicted octanol–water partition coefficient (Wildman–Crippen LogP) is 6.52. The van der Waals surface area contributed by atoms with Gasteiger partial charge in [0.15, 0.2) is 0 Å². The molecule has 2 aromatic heterocycles. The van der Waals surface area contributed by atoms with Crippen molar-refractivity contribution in [2.75, 3.05) is 13.2 Å². The number of benzene rings is 2. The normalized spacial score (nSPS) is 21.4. The second kappa shape index (κ2) is 9.04. The monoisotopic (exact) mass is 489 g/mol. The molecule has 3 heterocycles. The van der Waals surface area contributed by atoms with Crippen molar-refractivity contribution < 1.29 is 19.0 Å². The van der Waals surface area contributed by atoms with E-state index in [-0.39, 0.29) is 17.7 Å². The third-order valence-corrected chi connectivity index (χ3v) is 8.41. The fourth-order valence-corrected chi connectivity index (χ4v) is 6.45. The number of hydrogen-bond donors (Lipinski definition) is 2. The molecule has 0 atom stereocenters. The maximum atomic E-state index is 14.3. The van der Waals surface area contributed by atoms with Crippen molar-refractivity contribution in [2.45, 2.75) is 64.2 Å². The number of nitrogens with one attached hydrogen (secondary N) is 1. The van der Waals surface area contributed by atoms with E-state index >= 15 is 0 Å². The molecule has 1 saturated heterocycles. The van der Waals surface area contributed by atoms with Gasteiger partial charge in [-0.25, -0.2) is 4.39 Å². The number of rotatable bonds is 4. The van der Waals surface area contributed by atoms with Gasteiger partial charge >= 0.3 is 5.97 Å². The minimum absolute atomic E-state index is 0.205. The molecule has 7 heteroatoms. The van der Waals surface area contributed by atoms with E-state index in [9.17, 15) is 14.3 Å². The lowest BCUT2D eigenvalue weighted by molar-refractivity contribution is -0.142. The standard InChI is InChI=1S/C29H32FN3O3/c1-16-13-21(7-8-24(16)30)33-26-15-22-17(2)31-32-25(22)14-23(26)27(28(33)19-9-11-36-12-10-19)18-3-5-20(6-4-18)29(34)35/h7-8,13-15,18-20H,3-6,9-12H2,1-2H3,(H,31,32)(H,34,35). The highest BCUT2D eigenvalue weighted by molar-refractivity contribution is 6.00. The molecule has 0 radical (unpaired) electrons. The maximum Gasteiger partial charge on any atom is 0.306 e. The molecule has 0 spiro atoms. The molecule has 1 aliphatic heterocycles. The molecule has 188 valence electrons. The number of ether oxygens (including phenoxy) is 1. The summed E-state index contributed by atoms with van der Waals surface area (Å²) in [5, 5.41) is 19.5. The Kier molecular flexibility index (Phi) is 5.83. The highest BCUT2D eigenvalue weighted by Crippen LogP contribution is 2.47. The van der Waals surface area contributed by atoms with Crippen molar-refractivity contribution in [3.63, 3.8) is 0 Å². The van der Waals surface area contributed by atoms with Gasteiger partial charge in [0, 0.05) is 41.3 Å². The van der Waals surface area contributed by atoms with E-state index < -0.39 is 5.97 Å². The zero-order chi connectivity index (χ0) is 25.0. The summed E-state index contributed by atoms with van der Waals surface area (Å²) >= 11 is 0. The first kappa shape index (κ1) is 23.2. The van der Waals surface area contributed by atoms with Crippen molar-refractivity contribution >= 4 is 27.8 Å². The van der Waals surface area contributed by atoms with Crippen LogP contribution in [0.25, 0.3) is 27.5 Å². The number of H-pyrrole nitrogens is 1. The average molecular weight is 490 g/mol. The van der Waals surface area contributed by atoms with Crippen LogP contribution in [-0.4, -0.2) is 39.1 Å². The molecule has 2 aliphatic rings. The van der Waals surface area contributed by atoms with Crippen LogP contribution < -0.4 is 0 Å². The fraction of sp³-hybridized carbons (Fsp3) is 0.448. The largest absolute Gasteiger partial charge is 0.481 e. The molecule has 1 aliphatic carbocycles. The molecule has 4 aromatic rings. The summed E-state index contributed by atoms with van der Waals surface area (Å²) in [6.07, 6.45) is 4.98.